The van der Waals surface area contributed by atoms with Crippen molar-refractivity contribution < 1.29 is 8.78 Å². The van der Waals surface area contributed by atoms with E-state index in [0.717, 1.165) is 21.8 Å². The Hall–Kier alpha value is -1.85. The van der Waals surface area contributed by atoms with Crippen LogP contribution in [0.3, 0.4) is 0 Å². The Morgan fingerprint density at radius 1 is 1.05 bits per heavy atom. The van der Waals surface area contributed by atoms with Crippen molar-refractivity contribution in [2.75, 3.05) is 0 Å². The summed E-state index contributed by atoms with van der Waals surface area (Å²) in [5.74, 6) is -1.26. The Morgan fingerprint density at radius 2 is 1.79 bits per heavy atom. The van der Waals surface area contributed by atoms with Gasteiger partial charge in [-0.2, -0.15) is 0 Å². The summed E-state index contributed by atoms with van der Waals surface area (Å²) in [5.41, 5.74) is 8.07. The molecule has 0 radical (unpaired) electrons. The largest absolute Gasteiger partial charge is 0.320 e. The van der Waals surface area contributed by atoms with E-state index in [1.807, 2.05) is 17.5 Å². The van der Waals surface area contributed by atoms with Gasteiger partial charge in [-0.1, -0.05) is 0 Å². The number of thiophene rings is 1. The summed E-state index contributed by atoms with van der Waals surface area (Å²) < 4.78 is 27.4. The molecule has 1 atom stereocenters. The van der Waals surface area contributed by atoms with Crippen LogP contribution in [0.1, 0.15) is 17.2 Å². The highest BCUT2D eigenvalue weighted by Gasteiger charge is 2.13. The fraction of sp³-hybridized carbons (Fsp3) is 0.0714. The molecule has 5 heteroatoms. The van der Waals surface area contributed by atoms with Crippen molar-refractivity contribution in [2.45, 2.75) is 6.04 Å². The van der Waals surface area contributed by atoms with E-state index < -0.39 is 17.7 Å². The minimum absolute atomic E-state index is 0.398. The van der Waals surface area contributed by atoms with Gasteiger partial charge in [-0.15, -0.1) is 11.3 Å². The number of fused-ring (bicyclic) bond motifs is 1. The van der Waals surface area contributed by atoms with Crippen molar-refractivity contribution >= 4 is 21.6 Å². The van der Waals surface area contributed by atoms with Crippen molar-refractivity contribution in [3.05, 3.63) is 64.7 Å². The lowest BCUT2D eigenvalue weighted by Gasteiger charge is -2.12. The van der Waals surface area contributed by atoms with Crippen LogP contribution in [-0.4, -0.2) is 4.98 Å². The zero-order chi connectivity index (χ0) is 13.4. The maximum atomic E-state index is 13.2. The van der Waals surface area contributed by atoms with Crippen molar-refractivity contribution in [1.29, 1.82) is 0 Å². The number of rotatable bonds is 2. The molecule has 0 aliphatic carbocycles. The summed E-state index contributed by atoms with van der Waals surface area (Å²) in [6, 6.07) is 6.54. The predicted octanol–water partition coefficient (Wildman–Crippen LogP) is 3.62. The van der Waals surface area contributed by atoms with Crippen LogP contribution in [0.2, 0.25) is 0 Å². The maximum Gasteiger partial charge on any atom is 0.126 e. The van der Waals surface area contributed by atoms with Crippen molar-refractivity contribution in [3.8, 4) is 0 Å². The molecule has 1 aromatic carbocycles. The molecule has 19 heavy (non-hydrogen) atoms. The Labute approximate surface area is 112 Å². The van der Waals surface area contributed by atoms with Gasteiger partial charge in [0.25, 0.3) is 0 Å². The zero-order valence-corrected chi connectivity index (χ0v) is 10.6. The van der Waals surface area contributed by atoms with Crippen LogP contribution in [0.15, 0.2) is 41.9 Å². The number of nitrogens with two attached hydrogens (primary N) is 1. The minimum atomic E-state index is -0.629. The van der Waals surface area contributed by atoms with E-state index in [9.17, 15) is 8.78 Å². The fourth-order valence-corrected chi connectivity index (χ4v) is 2.77. The second-order valence-corrected chi connectivity index (χ2v) is 5.20. The van der Waals surface area contributed by atoms with Crippen molar-refractivity contribution in [1.82, 2.24) is 4.98 Å². The van der Waals surface area contributed by atoms with Gasteiger partial charge in [0, 0.05) is 12.3 Å². The van der Waals surface area contributed by atoms with Crippen LogP contribution >= 0.6 is 11.3 Å². The molecule has 0 bridgehead atoms. The second-order valence-electron chi connectivity index (χ2n) is 4.25. The van der Waals surface area contributed by atoms with Gasteiger partial charge in [-0.3, -0.25) is 4.98 Å². The number of hydrogen-bond donors (Lipinski definition) is 1. The van der Waals surface area contributed by atoms with Crippen LogP contribution in [0.25, 0.3) is 10.2 Å². The molecule has 2 heterocycles. The zero-order valence-electron chi connectivity index (χ0n) is 9.81. The number of hydrogen-bond acceptors (Lipinski definition) is 3. The first-order valence-electron chi connectivity index (χ1n) is 5.68. The topological polar surface area (TPSA) is 38.9 Å². The quantitative estimate of drug-likeness (QED) is 0.776. The van der Waals surface area contributed by atoms with Crippen LogP contribution in [0, 0.1) is 11.6 Å². The first-order chi connectivity index (χ1) is 9.13. The lowest BCUT2D eigenvalue weighted by molar-refractivity contribution is 0.577. The molecule has 3 aromatic rings. The van der Waals surface area contributed by atoms with Crippen LogP contribution < -0.4 is 5.73 Å². The van der Waals surface area contributed by atoms with E-state index in [1.165, 1.54) is 12.1 Å². The van der Waals surface area contributed by atoms with E-state index in [1.54, 1.807) is 17.5 Å². The molecule has 3 rings (SSSR count). The molecule has 2 aromatic heterocycles. The van der Waals surface area contributed by atoms with E-state index in [4.69, 9.17) is 5.73 Å². The molecule has 0 spiro atoms. The van der Waals surface area contributed by atoms with Crippen LogP contribution in [0.4, 0.5) is 8.78 Å². The first kappa shape index (κ1) is 12.2. The summed E-state index contributed by atoms with van der Waals surface area (Å²) in [6.07, 6.45) is 1.64. The number of aromatic nitrogens is 1. The number of benzene rings is 1. The maximum absolute atomic E-state index is 13.2. The average Bonchev–Trinajstić information content (AvgIpc) is 2.83. The third kappa shape index (κ3) is 2.34. The highest BCUT2D eigenvalue weighted by molar-refractivity contribution is 7.17. The summed E-state index contributed by atoms with van der Waals surface area (Å²) in [4.78, 5) is 4.28. The van der Waals surface area contributed by atoms with Gasteiger partial charge in [-0.25, -0.2) is 8.78 Å². The van der Waals surface area contributed by atoms with E-state index in [0.29, 0.717) is 5.56 Å². The monoisotopic (exact) mass is 276 g/mol. The van der Waals surface area contributed by atoms with Crippen molar-refractivity contribution in [2.24, 2.45) is 5.73 Å². The standard InChI is InChI=1S/C14H10F2N2S/c15-10-3-8(4-11(16)6-10)14(17)9-5-13-12(18-7-9)1-2-19-13/h1-7,14H,17H2. The Morgan fingerprint density at radius 3 is 2.53 bits per heavy atom. The smallest absolute Gasteiger partial charge is 0.126 e. The molecule has 0 fully saturated rings. The Balaban J connectivity index is 2.04. The molecular weight excluding hydrogens is 266 g/mol. The first-order valence-corrected chi connectivity index (χ1v) is 6.56. The third-order valence-electron chi connectivity index (χ3n) is 2.93. The minimum Gasteiger partial charge on any atom is -0.320 e. The Bertz CT molecular complexity index is 719. The summed E-state index contributed by atoms with van der Waals surface area (Å²) >= 11 is 1.55. The van der Waals surface area contributed by atoms with E-state index in [-0.39, 0.29) is 0 Å². The van der Waals surface area contributed by atoms with Gasteiger partial charge in [0.05, 0.1) is 16.3 Å². The lowest BCUT2D eigenvalue weighted by atomic mass is 10.0. The molecule has 0 amide bonds. The Kier molecular flexibility index (Phi) is 3.00. The molecule has 0 aliphatic heterocycles. The molecule has 96 valence electrons. The lowest BCUT2D eigenvalue weighted by Crippen LogP contribution is -2.12. The summed E-state index contributed by atoms with van der Waals surface area (Å²) in [7, 11) is 0. The van der Waals surface area contributed by atoms with E-state index in [2.05, 4.69) is 4.98 Å². The molecule has 1 unspecified atom stereocenters. The predicted molar refractivity (Wildman–Crippen MR) is 72.0 cm³/mol. The summed E-state index contributed by atoms with van der Waals surface area (Å²) in [5, 5.41) is 1.94. The fourth-order valence-electron chi connectivity index (χ4n) is 1.98. The average molecular weight is 276 g/mol. The number of pyridine rings is 1. The third-order valence-corrected chi connectivity index (χ3v) is 3.78. The van der Waals surface area contributed by atoms with Gasteiger partial charge >= 0.3 is 0 Å². The van der Waals surface area contributed by atoms with Gasteiger partial charge in [-0.05, 0) is 40.8 Å². The second kappa shape index (κ2) is 4.68. The van der Waals surface area contributed by atoms with Gasteiger partial charge < -0.3 is 5.73 Å². The molecule has 0 saturated heterocycles. The van der Waals surface area contributed by atoms with E-state index >= 15 is 0 Å². The van der Waals surface area contributed by atoms with Crippen LogP contribution in [-0.2, 0) is 0 Å². The summed E-state index contributed by atoms with van der Waals surface area (Å²) in [6.45, 7) is 0. The SMILES string of the molecule is NC(c1cc(F)cc(F)c1)c1cnc2ccsc2c1. The molecule has 2 N–H and O–H groups in total. The highest BCUT2D eigenvalue weighted by Crippen LogP contribution is 2.26. The highest BCUT2D eigenvalue weighted by atomic mass is 32.1. The normalized spacial score (nSPS) is 12.8. The number of nitrogens with zero attached hydrogens (tertiary/aromatic N) is 1. The molecule has 0 saturated carbocycles. The molecular formula is C14H10F2N2S. The number of halogens is 2. The molecule has 2 nitrogen and oxygen atoms in total. The van der Waals surface area contributed by atoms with Gasteiger partial charge in [0.1, 0.15) is 11.6 Å². The van der Waals surface area contributed by atoms with Crippen LogP contribution in [0.5, 0.6) is 0 Å². The molecule has 0 aliphatic rings. The van der Waals surface area contributed by atoms with Gasteiger partial charge in [0.15, 0.2) is 0 Å². The van der Waals surface area contributed by atoms with Crippen molar-refractivity contribution in [3.63, 3.8) is 0 Å². The van der Waals surface area contributed by atoms with Gasteiger partial charge in [0.2, 0.25) is 0 Å².